The second kappa shape index (κ2) is 7.47. The number of carbonyl (C=O) groups excluding carboxylic acids is 1. The van der Waals surface area contributed by atoms with E-state index in [2.05, 4.69) is 11.4 Å². The summed E-state index contributed by atoms with van der Waals surface area (Å²) in [7, 11) is -3.54. The van der Waals surface area contributed by atoms with Gasteiger partial charge in [-0.2, -0.15) is 0 Å². The van der Waals surface area contributed by atoms with Gasteiger partial charge >= 0.3 is 0 Å². The van der Waals surface area contributed by atoms with Crippen molar-refractivity contribution in [3.05, 3.63) is 58.7 Å². The molecule has 0 saturated heterocycles. The van der Waals surface area contributed by atoms with Crippen LogP contribution in [-0.2, 0) is 14.8 Å². The number of hydrogen-bond donors (Lipinski definition) is 1. The number of carbonyl (C=O) groups is 1. The first-order valence-corrected chi connectivity index (χ1v) is 11.0. The minimum Gasteiger partial charge on any atom is -0.476 e. The lowest BCUT2D eigenvalue weighted by Crippen LogP contribution is -2.50. The smallest absolute Gasteiger partial charge is 0.263 e. The summed E-state index contributed by atoms with van der Waals surface area (Å²) in [5.41, 5.74) is 4.66. The van der Waals surface area contributed by atoms with E-state index in [1.54, 1.807) is 12.1 Å². The van der Waals surface area contributed by atoms with Crippen LogP contribution >= 0.6 is 0 Å². The van der Waals surface area contributed by atoms with Gasteiger partial charge in [0, 0.05) is 0 Å². The van der Waals surface area contributed by atoms with Crippen molar-refractivity contribution in [3.8, 4) is 5.75 Å². The molecule has 1 aliphatic heterocycles. The maximum atomic E-state index is 12.9. The lowest BCUT2D eigenvalue weighted by atomic mass is 10.00. The molecule has 150 valence electrons. The van der Waals surface area contributed by atoms with Crippen LogP contribution in [0.4, 0.5) is 5.69 Å². The van der Waals surface area contributed by atoms with Crippen LogP contribution in [0.5, 0.6) is 5.75 Å². The highest BCUT2D eigenvalue weighted by molar-refractivity contribution is 7.92. The number of amides is 1. The zero-order valence-electron chi connectivity index (χ0n) is 16.8. The lowest BCUT2D eigenvalue weighted by molar-refractivity contribution is -0.128. The SMILES string of the molecule is Cc1ccc([C@H](C)NC(=O)[C@H]2CN(S(C)(=O)=O)c3cc(C)ccc3O2)c(C)c1. The number of sulfonamides is 1. The van der Waals surface area contributed by atoms with Gasteiger partial charge < -0.3 is 10.1 Å². The molecule has 2 aromatic carbocycles. The molecule has 0 spiro atoms. The Bertz CT molecular complexity index is 1020. The Labute approximate surface area is 166 Å². The summed E-state index contributed by atoms with van der Waals surface area (Å²) in [6, 6.07) is 11.1. The number of aryl methyl sites for hydroxylation is 3. The van der Waals surface area contributed by atoms with Crippen LogP contribution in [0.15, 0.2) is 36.4 Å². The minimum absolute atomic E-state index is 0.0548. The molecule has 0 aliphatic carbocycles. The Morgan fingerprint density at radius 3 is 2.43 bits per heavy atom. The summed E-state index contributed by atoms with van der Waals surface area (Å²) in [5.74, 6) is 0.0499. The number of nitrogens with one attached hydrogen (secondary N) is 1. The summed E-state index contributed by atoms with van der Waals surface area (Å²) in [6.07, 6.45) is 0.218. The van der Waals surface area contributed by atoms with Crippen molar-refractivity contribution in [2.24, 2.45) is 0 Å². The number of fused-ring (bicyclic) bond motifs is 1. The average Bonchev–Trinajstić information content (AvgIpc) is 2.59. The minimum atomic E-state index is -3.54. The van der Waals surface area contributed by atoms with Crippen molar-refractivity contribution in [2.45, 2.75) is 39.8 Å². The van der Waals surface area contributed by atoms with Crippen molar-refractivity contribution in [2.75, 3.05) is 17.1 Å². The Kier molecular flexibility index (Phi) is 5.39. The van der Waals surface area contributed by atoms with Crippen molar-refractivity contribution in [1.29, 1.82) is 0 Å². The van der Waals surface area contributed by atoms with Gasteiger partial charge in [0.15, 0.2) is 6.10 Å². The molecule has 0 aromatic heterocycles. The van der Waals surface area contributed by atoms with Gasteiger partial charge in [-0.3, -0.25) is 9.10 Å². The van der Waals surface area contributed by atoms with Crippen LogP contribution in [0.1, 0.15) is 35.2 Å². The van der Waals surface area contributed by atoms with Gasteiger partial charge in [-0.15, -0.1) is 0 Å². The molecule has 1 aliphatic rings. The van der Waals surface area contributed by atoms with E-state index in [4.69, 9.17) is 4.74 Å². The van der Waals surface area contributed by atoms with E-state index in [9.17, 15) is 13.2 Å². The molecule has 1 heterocycles. The van der Waals surface area contributed by atoms with Gasteiger partial charge in [0.1, 0.15) is 5.75 Å². The lowest BCUT2D eigenvalue weighted by Gasteiger charge is -2.34. The topological polar surface area (TPSA) is 75.7 Å². The highest BCUT2D eigenvalue weighted by Crippen LogP contribution is 2.36. The first-order valence-electron chi connectivity index (χ1n) is 9.19. The summed E-state index contributed by atoms with van der Waals surface area (Å²) in [6.45, 7) is 7.76. The third kappa shape index (κ3) is 4.14. The maximum Gasteiger partial charge on any atom is 0.263 e. The number of benzene rings is 2. The van der Waals surface area contributed by atoms with E-state index in [-0.39, 0.29) is 18.5 Å². The second-order valence-electron chi connectivity index (χ2n) is 7.46. The highest BCUT2D eigenvalue weighted by Gasteiger charge is 2.35. The van der Waals surface area contributed by atoms with Crippen molar-refractivity contribution in [3.63, 3.8) is 0 Å². The van der Waals surface area contributed by atoms with E-state index in [1.165, 1.54) is 4.31 Å². The van der Waals surface area contributed by atoms with E-state index < -0.39 is 16.1 Å². The first kappa shape index (κ1) is 20.2. The molecule has 0 unspecified atom stereocenters. The first-order chi connectivity index (χ1) is 13.1. The predicted octanol–water partition coefficient (Wildman–Crippen LogP) is 3.02. The summed E-state index contributed by atoms with van der Waals surface area (Å²) >= 11 is 0. The molecule has 3 rings (SSSR count). The molecule has 6 nitrogen and oxygen atoms in total. The molecular formula is C21H26N2O4S. The summed E-state index contributed by atoms with van der Waals surface area (Å²) in [5, 5.41) is 2.95. The quantitative estimate of drug-likeness (QED) is 0.853. The third-order valence-corrected chi connectivity index (χ3v) is 6.07. The van der Waals surface area contributed by atoms with Gasteiger partial charge in [-0.05, 0) is 56.5 Å². The van der Waals surface area contributed by atoms with Crippen molar-refractivity contribution >= 4 is 21.6 Å². The largest absolute Gasteiger partial charge is 0.476 e. The van der Waals surface area contributed by atoms with Gasteiger partial charge in [0.25, 0.3) is 5.91 Å². The maximum absolute atomic E-state index is 12.9. The monoisotopic (exact) mass is 402 g/mol. The standard InChI is InChI=1S/C21H26N2O4S/c1-13-6-8-17(15(3)10-13)16(4)22-21(24)20-12-23(28(5,25)26)18-11-14(2)7-9-19(18)27-20/h6-11,16,20H,12H2,1-5H3,(H,22,24)/t16-,20+/m0/s1. The highest BCUT2D eigenvalue weighted by atomic mass is 32.2. The number of hydrogen-bond acceptors (Lipinski definition) is 4. The summed E-state index contributed by atoms with van der Waals surface area (Å²) in [4.78, 5) is 12.9. The zero-order chi connectivity index (χ0) is 20.6. The molecule has 2 atom stereocenters. The number of nitrogens with zero attached hydrogens (tertiary/aromatic N) is 1. The van der Waals surface area contributed by atoms with Crippen LogP contribution < -0.4 is 14.4 Å². The Balaban J connectivity index is 1.83. The fraction of sp³-hybridized carbons (Fsp3) is 0.381. The molecule has 0 radical (unpaired) electrons. The van der Waals surface area contributed by atoms with Crippen LogP contribution in [0.3, 0.4) is 0 Å². The Morgan fingerprint density at radius 2 is 1.79 bits per heavy atom. The van der Waals surface area contributed by atoms with E-state index in [0.29, 0.717) is 11.4 Å². The molecule has 2 aromatic rings. The van der Waals surface area contributed by atoms with E-state index >= 15 is 0 Å². The predicted molar refractivity (Wildman–Crippen MR) is 110 cm³/mol. The van der Waals surface area contributed by atoms with Crippen LogP contribution in [0, 0.1) is 20.8 Å². The Morgan fingerprint density at radius 1 is 1.14 bits per heavy atom. The summed E-state index contributed by atoms with van der Waals surface area (Å²) < 4.78 is 31.7. The van der Waals surface area contributed by atoms with Gasteiger partial charge in [-0.1, -0.05) is 29.8 Å². The Hall–Kier alpha value is -2.54. The fourth-order valence-electron chi connectivity index (χ4n) is 3.51. The molecule has 28 heavy (non-hydrogen) atoms. The van der Waals surface area contributed by atoms with Gasteiger partial charge in [0.2, 0.25) is 10.0 Å². The van der Waals surface area contributed by atoms with E-state index in [0.717, 1.165) is 28.5 Å². The van der Waals surface area contributed by atoms with Crippen LogP contribution in [-0.4, -0.2) is 33.2 Å². The van der Waals surface area contributed by atoms with Crippen LogP contribution in [0.2, 0.25) is 0 Å². The van der Waals surface area contributed by atoms with Gasteiger partial charge in [0.05, 0.1) is 24.5 Å². The molecule has 7 heteroatoms. The van der Waals surface area contributed by atoms with Gasteiger partial charge in [-0.25, -0.2) is 8.42 Å². The van der Waals surface area contributed by atoms with Crippen molar-refractivity contribution in [1.82, 2.24) is 5.32 Å². The molecule has 1 amide bonds. The average molecular weight is 403 g/mol. The molecule has 1 N–H and O–H groups in total. The third-order valence-electron chi connectivity index (χ3n) is 4.93. The second-order valence-corrected chi connectivity index (χ2v) is 9.37. The molecule has 0 fully saturated rings. The molecule has 0 saturated carbocycles. The number of ether oxygens (including phenoxy) is 1. The van der Waals surface area contributed by atoms with Crippen molar-refractivity contribution < 1.29 is 17.9 Å². The normalized spacial score (nSPS) is 17.5. The number of anilines is 1. The number of rotatable bonds is 4. The van der Waals surface area contributed by atoms with E-state index in [1.807, 2.05) is 45.9 Å². The zero-order valence-corrected chi connectivity index (χ0v) is 17.6. The fourth-order valence-corrected chi connectivity index (χ4v) is 4.41. The molecule has 0 bridgehead atoms. The molecular weight excluding hydrogens is 376 g/mol. The van der Waals surface area contributed by atoms with Crippen LogP contribution in [0.25, 0.3) is 0 Å².